The number of rotatable bonds is 5. The predicted molar refractivity (Wildman–Crippen MR) is 64.2 cm³/mol. The van der Waals surface area contributed by atoms with Crippen LogP contribution in [0, 0.1) is 5.82 Å². The summed E-state index contributed by atoms with van der Waals surface area (Å²) >= 11 is 0. The lowest BCUT2D eigenvalue weighted by Crippen LogP contribution is -2.12. The molecule has 16 heavy (non-hydrogen) atoms. The van der Waals surface area contributed by atoms with Gasteiger partial charge in [0.15, 0.2) is 11.6 Å². The van der Waals surface area contributed by atoms with Crippen molar-refractivity contribution in [2.24, 2.45) is 0 Å². The largest absolute Gasteiger partial charge is 0.486 e. The van der Waals surface area contributed by atoms with Gasteiger partial charge in [-0.25, -0.2) is 4.39 Å². The van der Waals surface area contributed by atoms with Crippen molar-refractivity contribution in [3.63, 3.8) is 0 Å². The number of ether oxygens (including phenoxy) is 1. The van der Waals surface area contributed by atoms with E-state index in [0.717, 1.165) is 11.1 Å². The second-order valence-electron chi connectivity index (χ2n) is 3.95. The quantitative estimate of drug-likeness (QED) is 0.775. The Labute approximate surface area is 96.1 Å². The minimum Gasteiger partial charge on any atom is -0.486 e. The minimum absolute atomic E-state index is 0.129. The molecule has 0 saturated heterocycles. The van der Waals surface area contributed by atoms with Crippen LogP contribution in [0.25, 0.3) is 0 Å². The molecule has 2 nitrogen and oxygen atoms in total. The van der Waals surface area contributed by atoms with Crippen molar-refractivity contribution in [2.75, 3.05) is 13.7 Å². The highest BCUT2D eigenvalue weighted by Gasteiger charge is 2.08. The van der Waals surface area contributed by atoms with Gasteiger partial charge in [-0.1, -0.05) is 12.6 Å². The van der Waals surface area contributed by atoms with Crippen LogP contribution in [-0.4, -0.2) is 13.7 Å². The lowest BCUT2D eigenvalue weighted by atomic mass is 10.1. The summed E-state index contributed by atoms with van der Waals surface area (Å²) in [6.07, 6.45) is 0. The molecular formula is C13H18FNO. The van der Waals surface area contributed by atoms with Crippen LogP contribution in [0.4, 0.5) is 4.39 Å². The maximum Gasteiger partial charge on any atom is 0.165 e. The van der Waals surface area contributed by atoms with Crippen molar-refractivity contribution >= 4 is 0 Å². The molecule has 0 saturated carbocycles. The van der Waals surface area contributed by atoms with Crippen LogP contribution in [0.3, 0.4) is 0 Å². The number of nitrogens with one attached hydrogen (secondary N) is 1. The smallest absolute Gasteiger partial charge is 0.165 e. The van der Waals surface area contributed by atoms with Crippen LogP contribution in [0.1, 0.15) is 25.5 Å². The Morgan fingerprint density at radius 1 is 1.56 bits per heavy atom. The lowest BCUT2D eigenvalue weighted by molar-refractivity contribution is 0.332. The molecule has 1 N–H and O–H groups in total. The van der Waals surface area contributed by atoms with Crippen LogP contribution in [0.2, 0.25) is 0 Å². The van der Waals surface area contributed by atoms with Gasteiger partial charge in [0.05, 0.1) is 0 Å². The van der Waals surface area contributed by atoms with Gasteiger partial charge >= 0.3 is 0 Å². The van der Waals surface area contributed by atoms with Crippen LogP contribution in [-0.2, 0) is 0 Å². The van der Waals surface area contributed by atoms with Crippen LogP contribution >= 0.6 is 0 Å². The molecule has 3 heteroatoms. The molecule has 0 aliphatic carbocycles. The molecule has 0 heterocycles. The molecule has 1 aromatic rings. The Hall–Kier alpha value is -1.35. The summed E-state index contributed by atoms with van der Waals surface area (Å²) in [5.74, 6) is -0.0593. The van der Waals surface area contributed by atoms with E-state index in [2.05, 4.69) is 11.9 Å². The number of hydrogen-bond donors (Lipinski definition) is 1. The van der Waals surface area contributed by atoms with E-state index < -0.39 is 0 Å². The third-order valence-corrected chi connectivity index (χ3v) is 2.36. The predicted octanol–water partition coefficient (Wildman–Crippen LogP) is 3.06. The molecule has 1 rings (SSSR count). The normalized spacial score (nSPS) is 12.2. The monoisotopic (exact) mass is 223 g/mol. The van der Waals surface area contributed by atoms with Crippen LogP contribution < -0.4 is 10.1 Å². The van der Waals surface area contributed by atoms with E-state index >= 15 is 0 Å². The van der Waals surface area contributed by atoms with Gasteiger partial charge in [-0.05, 0) is 44.2 Å². The Morgan fingerprint density at radius 3 is 2.75 bits per heavy atom. The molecule has 0 aliphatic rings. The Bertz CT molecular complexity index is 376. The molecule has 0 fully saturated rings. The first-order chi connectivity index (χ1) is 7.54. The zero-order valence-electron chi connectivity index (χ0n) is 10.0. The van der Waals surface area contributed by atoms with E-state index in [1.807, 2.05) is 27.0 Å². The van der Waals surface area contributed by atoms with E-state index in [9.17, 15) is 4.39 Å². The fourth-order valence-electron chi connectivity index (χ4n) is 1.27. The third-order valence-electron chi connectivity index (χ3n) is 2.36. The average Bonchev–Trinajstić information content (AvgIpc) is 2.26. The molecule has 0 amide bonds. The van der Waals surface area contributed by atoms with Crippen molar-refractivity contribution in [2.45, 2.75) is 19.9 Å². The van der Waals surface area contributed by atoms with Gasteiger partial charge in [-0.3, -0.25) is 0 Å². The molecular weight excluding hydrogens is 205 g/mol. The Balaban J connectivity index is 2.79. The van der Waals surface area contributed by atoms with Crippen molar-refractivity contribution in [3.8, 4) is 5.75 Å². The summed E-state index contributed by atoms with van der Waals surface area (Å²) in [5.41, 5.74) is 1.77. The first kappa shape index (κ1) is 12.7. The van der Waals surface area contributed by atoms with Crippen LogP contribution in [0.5, 0.6) is 5.75 Å². The topological polar surface area (TPSA) is 21.3 Å². The van der Waals surface area contributed by atoms with Gasteiger partial charge in [0.2, 0.25) is 0 Å². The van der Waals surface area contributed by atoms with Gasteiger partial charge in [0.1, 0.15) is 6.61 Å². The van der Waals surface area contributed by atoms with Gasteiger partial charge in [0.25, 0.3) is 0 Å². The fraction of sp³-hybridized carbons (Fsp3) is 0.385. The first-order valence-electron chi connectivity index (χ1n) is 5.28. The lowest BCUT2D eigenvalue weighted by Gasteiger charge is -2.12. The number of hydrogen-bond acceptors (Lipinski definition) is 2. The van der Waals surface area contributed by atoms with Crippen molar-refractivity contribution in [1.29, 1.82) is 0 Å². The van der Waals surface area contributed by atoms with E-state index in [0.29, 0.717) is 6.61 Å². The first-order valence-corrected chi connectivity index (χ1v) is 5.28. The molecule has 1 aromatic carbocycles. The van der Waals surface area contributed by atoms with Crippen molar-refractivity contribution in [1.82, 2.24) is 5.32 Å². The van der Waals surface area contributed by atoms with Crippen molar-refractivity contribution < 1.29 is 9.13 Å². The average molecular weight is 223 g/mol. The third kappa shape index (κ3) is 3.35. The Morgan fingerprint density at radius 2 is 2.25 bits per heavy atom. The van der Waals surface area contributed by atoms with E-state index in [1.165, 1.54) is 6.07 Å². The second-order valence-corrected chi connectivity index (χ2v) is 3.95. The Kier molecular flexibility index (Phi) is 4.50. The standard InChI is InChI=1S/C13H18FNO/c1-9(2)8-16-13-6-5-11(7-12(13)14)10(3)15-4/h5-7,10,15H,1,8H2,2-4H3. The molecule has 1 unspecified atom stereocenters. The highest BCUT2D eigenvalue weighted by molar-refractivity contribution is 5.31. The SMILES string of the molecule is C=C(C)COc1ccc(C(C)NC)cc1F. The second kappa shape index (κ2) is 5.66. The summed E-state index contributed by atoms with van der Waals surface area (Å²) in [7, 11) is 1.84. The zero-order chi connectivity index (χ0) is 12.1. The molecule has 1 atom stereocenters. The number of halogens is 1. The van der Waals surface area contributed by atoms with E-state index in [4.69, 9.17) is 4.74 Å². The number of benzene rings is 1. The molecule has 0 spiro atoms. The van der Waals surface area contributed by atoms with Gasteiger partial charge in [-0.2, -0.15) is 0 Å². The molecule has 0 aromatic heterocycles. The van der Waals surface area contributed by atoms with Gasteiger partial charge in [-0.15, -0.1) is 0 Å². The summed E-state index contributed by atoms with van der Waals surface area (Å²) in [6.45, 7) is 7.86. The van der Waals surface area contributed by atoms with Gasteiger partial charge in [0, 0.05) is 6.04 Å². The maximum atomic E-state index is 13.6. The van der Waals surface area contributed by atoms with Crippen molar-refractivity contribution in [3.05, 3.63) is 41.7 Å². The van der Waals surface area contributed by atoms with E-state index in [-0.39, 0.29) is 17.6 Å². The highest BCUT2D eigenvalue weighted by atomic mass is 19.1. The molecule has 0 bridgehead atoms. The highest BCUT2D eigenvalue weighted by Crippen LogP contribution is 2.22. The zero-order valence-corrected chi connectivity index (χ0v) is 10.0. The maximum absolute atomic E-state index is 13.6. The summed E-state index contributed by atoms with van der Waals surface area (Å²) in [5, 5.41) is 3.06. The molecule has 0 aliphatic heterocycles. The fourth-order valence-corrected chi connectivity index (χ4v) is 1.27. The van der Waals surface area contributed by atoms with Gasteiger partial charge < -0.3 is 10.1 Å². The molecule has 0 radical (unpaired) electrons. The summed E-state index contributed by atoms with van der Waals surface area (Å²) in [6, 6.07) is 5.14. The molecule has 88 valence electrons. The minimum atomic E-state index is -0.333. The van der Waals surface area contributed by atoms with E-state index in [1.54, 1.807) is 6.07 Å². The van der Waals surface area contributed by atoms with Crippen LogP contribution in [0.15, 0.2) is 30.4 Å². The summed E-state index contributed by atoms with van der Waals surface area (Å²) in [4.78, 5) is 0. The summed E-state index contributed by atoms with van der Waals surface area (Å²) < 4.78 is 18.9.